The number of carbonyl (C=O) groups excluding carboxylic acids is 1. The van der Waals surface area contributed by atoms with Crippen LogP contribution in [0, 0.1) is 5.82 Å². The first kappa shape index (κ1) is 21.3. The maximum absolute atomic E-state index is 13.9. The normalized spacial score (nSPS) is 18.9. The zero-order chi connectivity index (χ0) is 21.0. The molecule has 0 spiro atoms. The molecule has 0 N–H and O–H groups in total. The Kier molecular flexibility index (Phi) is 6.57. The van der Waals surface area contributed by atoms with Crippen molar-refractivity contribution in [1.29, 1.82) is 0 Å². The number of amides is 1. The predicted molar refractivity (Wildman–Crippen MR) is 110 cm³/mol. The second kappa shape index (κ2) is 8.95. The topological polar surface area (TPSA) is 63.7 Å². The van der Waals surface area contributed by atoms with E-state index in [4.69, 9.17) is 4.74 Å². The van der Waals surface area contributed by atoms with E-state index in [1.165, 1.54) is 17.7 Å². The Morgan fingerprint density at radius 3 is 2.41 bits per heavy atom. The van der Waals surface area contributed by atoms with E-state index in [1.54, 1.807) is 24.0 Å². The van der Waals surface area contributed by atoms with Gasteiger partial charge in [-0.3, -0.25) is 4.79 Å². The van der Waals surface area contributed by atoms with E-state index in [0.29, 0.717) is 6.42 Å². The fourth-order valence-electron chi connectivity index (χ4n) is 3.50. The summed E-state index contributed by atoms with van der Waals surface area (Å²) >= 11 is 0. The zero-order valence-electron chi connectivity index (χ0n) is 16.7. The van der Waals surface area contributed by atoms with Gasteiger partial charge in [-0.15, -0.1) is 0 Å². The van der Waals surface area contributed by atoms with Gasteiger partial charge in [-0.05, 0) is 43.0 Å². The molecular weight excluding hydrogens is 393 g/mol. The average Bonchev–Trinajstić information content (AvgIpc) is 3.07. The van der Waals surface area contributed by atoms with Crippen molar-refractivity contribution in [2.45, 2.75) is 45.4 Å². The lowest BCUT2D eigenvalue weighted by atomic mass is 10.1. The molecule has 0 aromatic heterocycles. The maximum atomic E-state index is 13.9. The van der Waals surface area contributed by atoms with Crippen molar-refractivity contribution in [3.05, 3.63) is 65.5 Å². The van der Waals surface area contributed by atoms with Gasteiger partial charge in [-0.2, -0.15) is 0 Å². The third kappa shape index (κ3) is 5.35. The Balaban J connectivity index is 1.81. The molecule has 0 radical (unpaired) electrons. The van der Waals surface area contributed by atoms with Crippen LogP contribution in [0.3, 0.4) is 0 Å². The van der Waals surface area contributed by atoms with Crippen molar-refractivity contribution in [2.24, 2.45) is 0 Å². The molecule has 1 aliphatic heterocycles. The van der Waals surface area contributed by atoms with Crippen molar-refractivity contribution in [2.75, 3.05) is 11.5 Å². The average molecular weight is 420 g/mol. The number of aryl methyl sites for hydroxylation is 1. The van der Waals surface area contributed by atoms with E-state index in [9.17, 15) is 17.6 Å². The highest BCUT2D eigenvalue weighted by Gasteiger charge is 2.36. The van der Waals surface area contributed by atoms with Crippen LogP contribution in [0.5, 0.6) is 5.75 Å². The number of nitrogens with zero attached hydrogens (tertiary/aromatic N) is 1. The van der Waals surface area contributed by atoms with E-state index >= 15 is 0 Å². The molecular formula is C22H26FNO4S. The van der Waals surface area contributed by atoms with Gasteiger partial charge in [-0.1, -0.05) is 43.3 Å². The van der Waals surface area contributed by atoms with Gasteiger partial charge >= 0.3 is 0 Å². The van der Waals surface area contributed by atoms with Crippen molar-refractivity contribution >= 4 is 15.7 Å². The molecule has 7 heteroatoms. The summed E-state index contributed by atoms with van der Waals surface area (Å²) in [6, 6.07) is 13.4. The fraction of sp³-hybridized carbons (Fsp3) is 0.409. The quantitative estimate of drug-likeness (QED) is 0.690. The molecule has 1 heterocycles. The Labute approximate surface area is 171 Å². The van der Waals surface area contributed by atoms with Gasteiger partial charge in [0, 0.05) is 12.6 Å². The largest absolute Gasteiger partial charge is 0.478 e. The molecule has 2 aromatic rings. The molecule has 0 aliphatic carbocycles. The van der Waals surface area contributed by atoms with Crippen molar-refractivity contribution in [1.82, 2.24) is 4.90 Å². The highest BCUT2D eigenvalue weighted by Crippen LogP contribution is 2.23. The second-order valence-electron chi connectivity index (χ2n) is 7.38. The van der Waals surface area contributed by atoms with Gasteiger partial charge in [0.1, 0.15) is 0 Å². The molecule has 1 saturated heterocycles. The van der Waals surface area contributed by atoms with Gasteiger partial charge in [0.15, 0.2) is 27.5 Å². The van der Waals surface area contributed by atoms with Crippen LogP contribution in [0.2, 0.25) is 0 Å². The number of hydrogen-bond donors (Lipinski definition) is 0. The number of hydrogen-bond acceptors (Lipinski definition) is 4. The van der Waals surface area contributed by atoms with Crippen LogP contribution >= 0.6 is 0 Å². The Morgan fingerprint density at radius 1 is 1.17 bits per heavy atom. The van der Waals surface area contributed by atoms with E-state index in [-0.39, 0.29) is 29.7 Å². The van der Waals surface area contributed by atoms with Crippen LogP contribution in [0.4, 0.5) is 4.39 Å². The predicted octanol–water partition coefficient (Wildman–Crippen LogP) is 3.37. The molecule has 2 atom stereocenters. The number of para-hydroxylation sites is 1. The maximum Gasteiger partial charge on any atom is 0.263 e. The van der Waals surface area contributed by atoms with E-state index < -0.39 is 27.8 Å². The molecule has 156 valence electrons. The van der Waals surface area contributed by atoms with E-state index in [2.05, 4.69) is 6.92 Å². The van der Waals surface area contributed by atoms with Gasteiger partial charge in [-0.25, -0.2) is 12.8 Å². The van der Waals surface area contributed by atoms with Crippen LogP contribution in [0.15, 0.2) is 48.5 Å². The molecule has 0 saturated carbocycles. The van der Waals surface area contributed by atoms with Gasteiger partial charge < -0.3 is 9.64 Å². The first-order chi connectivity index (χ1) is 13.8. The summed E-state index contributed by atoms with van der Waals surface area (Å²) in [6.07, 6.45) is 0.371. The van der Waals surface area contributed by atoms with Gasteiger partial charge in [0.2, 0.25) is 0 Å². The van der Waals surface area contributed by atoms with Crippen LogP contribution in [-0.4, -0.2) is 42.9 Å². The monoisotopic (exact) mass is 419 g/mol. The molecule has 2 aromatic carbocycles. The number of sulfone groups is 1. The van der Waals surface area contributed by atoms with Crippen LogP contribution in [-0.2, 0) is 27.6 Å². The Morgan fingerprint density at radius 2 is 1.83 bits per heavy atom. The highest BCUT2D eigenvalue weighted by molar-refractivity contribution is 7.91. The molecule has 0 bridgehead atoms. The van der Waals surface area contributed by atoms with Crippen LogP contribution < -0.4 is 4.74 Å². The number of carbonyl (C=O) groups is 1. The number of benzene rings is 2. The first-order valence-corrected chi connectivity index (χ1v) is 11.6. The lowest BCUT2D eigenvalue weighted by molar-refractivity contribution is -0.140. The lowest BCUT2D eigenvalue weighted by Gasteiger charge is -2.31. The number of ether oxygens (including phenoxy) is 1. The van der Waals surface area contributed by atoms with Crippen molar-refractivity contribution in [3.63, 3.8) is 0 Å². The molecule has 29 heavy (non-hydrogen) atoms. The minimum Gasteiger partial charge on any atom is -0.478 e. The highest BCUT2D eigenvalue weighted by atomic mass is 32.2. The zero-order valence-corrected chi connectivity index (χ0v) is 17.5. The summed E-state index contributed by atoms with van der Waals surface area (Å²) < 4.78 is 43.4. The van der Waals surface area contributed by atoms with Crippen LogP contribution in [0.25, 0.3) is 0 Å². The Bertz CT molecular complexity index is 959. The molecule has 3 rings (SSSR count). The second-order valence-corrected chi connectivity index (χ2v) is 9.61. The fourth-order valence-corrected chi connectivity index (χ4v) is 5.23. The minimum absolute atomic E-state index is 0.000331. The summed E-state index contributed by atoms with van der Waals surface area (Å²) in [5.74, 6) is -0.886. The van der Waals surface area contributed by atoms with E-state index in [0.717, 1.165) is 12.0 Å². The number of halogens is 1. The lowest BCUT2D eigenvalue weighted by Crippen LogP contribution is -2.46. The van der Waals surface area contributed by atoms with Crippen molar-refractivity contribution < 1.29 is 22.3 Å². The van der Waals surface area contributed by atoms with Gasteiger partial charge in [0.25, 0.3) is 5.91 Å². The third-order valence-electron chi connectivity index (χ3n) is 5.20. The minimum atomic E-state index is -3.16. The molecule has 2 unspecified atom stereocenters. The Hall–Kier alpha value is -2.41. The molecule has 1 amide bonds. The smallest absolute Gasteiger partial charge is 0.263 e. The molecule has 1 fully saturated rings. The molecule has 5 nitrogen and oxygen atoms in total. The number of rotatable bonds is 7. The van der Waals surface area contributed by atoms with Crippen LogP contribution in [0.1, 0.15) is 31.4 Å². The third-order valence-corrected chi connectivity index (χ3v) is 6.95. The summed E-state index contributed by atoms with van der Waals surface area (Å²) in [5, 5.41) is 0. The summed E-state index contributed by atoms with van der Waals surface area (Å²) in [5.41, 5.74) is 2.10. The first-order valence-electron chi connectivity index (χ1n) is 9.79. The SMILES string of the molecule is CCc1ccc(CN(C(=O)C(C)Oc2ccccc2F)C2CCS(=O)(=O)C2)cc1. The van der Waals surface area contributed by atoms with E-state index in [1.807, 2.05) is 24.3 Å². The summed E-state index contributed by atoms with van der Waals surface area (Å²) in [4.78, 5) is 14.7. The standard InChI is InChI=1S/C22H26FNO4S/c1-3-17-8-10-18(11-9-17)14-24(19-12-13-29(26,27)15-19)22(25)16(2)28-21-7-5-4-6-20(21)23/h4-11,16,19H,3,12-15H2,1-2H3. The summed E-state index contributed by atoms with van der Waals surface area (Å²) in [6.45, 7) is 3.91. The molecule has 1 aliphatic rings. The van der Waals surface area contributed by atoms with Crippen molar-refractivity contribution in [3.8, 4) is 5.75 Å². The van der Waals surface area contributed by atoms with Gasteiger partial charge in [0.05, 0.1) is 11.5 Å². The summed E-state index contributed by atoms with van der Waals surface area (Å²) in [7, 11) is -3.16.